The molecule has 0 aliphatic heterocycles. The summed E-state index contributed by atoms with van der Waals surface area (Å²) in [6, 6.07) is 3.83. The van der Waals surface area contributed by atoms with Gasteiger partial charge in [0, 0.05) is 30.2 Å². The van der Waals surface area contributed by atoms with E-state index in [9.17, 15) is 0 Å². The smallest absolute Gasteiger partial charge is 0.137 e. The van der Waals surface area contributed by atoms with E-state index >= 15 is 0 Å². The van der Waals surface area contributed by atoms with Crippen molar-refractivity contribution in [2.24, 2.45) is 0 Å². The summed E-state index contributed by atoms with van der Waals surface area (Å²) in [4.78, 5) is 4.60. The van der Waals surface area contributed by atoms with Gasteiger partial charge in [0.05, 0.1) is 10.7 Å². The summed E-state index contributed by atoms with van der Waals surface area (Å²) in [5, 5.41) is 4.32. The molecule has 0 aromatic carbocycles. The molecule has 5 heteroatoms. The third kappa shape index (κ3) is 2.97. The summed E-state index contributed by atoms with van der Waals surface area (Å²) in [5.41, 5.74) is 2.02. The minimum Gasteiger partial charge on any atom is -0.310 e. The lowest BCUT2D eigenvalue weighted by atomic mass is 10.1. The van der Waals surface area contributed by atoms with Crippen LogP contribution in [-0.2, 0) is 6.54 Å². The number of hydrogen-bond acceptors (Lipinski definition) is 3. The van der Waals surface area contributed by atoms with Crippen LogP contribution in [0.2, 0.25) is 5.02 Å². The summed E-state index contributed by atoms with van der Waals surface area (Å²) in [6.07, 6.45) is 11.6. The number of nitrogens with zero attached hydrogens (tertiary/aromatic N) is 2. The first-order valence-electron chi connectivity index (χ1n) is 7.10. The van der Waals surface area contributed by atoms with Gasteiger partial charge in [-0.1, -0.05) is 24.4 Å². The molecular weight excluding hydrogens is 290 g/mol. The van der Waals surface area contributed by atoms with Crippen LogP contribution in [0.25, 0.3) is 5.65 Å². The quantitative estimate of drug-likeness (QED) is 0.912. The number of pyridine rings is 1. The van der Waals surface area contributed by atoms with Crippen molar-refractivity contribution in [3.63, 3.8) is 0 Å². The van der Waals surface area contributed by atoms with Gasteiger partial charge in [-0.25, -0.2) is 4.98 Å². The standard InChI is InChI=1S/C15H20ClN3S/c1-20-15(6-2-3-7-15)11-17-8-13-10-19-9-12(16)4-5-14(19)18-13/h4-5,9-10,17H,2-3,6-8,11H2,1H3. The molecule has 0 amide bonds. The molecule has 0 radical (unpaired) electrons. The molecule has 3 rings (SSSR count). The average Bonchev–Trinajstić information content (AvgIpc) is 3.05. The predicted molar refractivity (Wildman–Crippen MR) is 86.6 cm³/mol. The fraction of sp³-hybridized carbons (Fsp3) is 0.533. The largest absolute Gasteiger partial charge is 0.310 e. The van der Waals surface area contributed by atoms with E-state index in [-0.39, 0.29) is 0 Å². The Balaban J connectivity index is 1.62. The maximum absolute atomic E-state index is 5.99. The van der Waals surface area contributed by atoms with Gasteiger partial charge in [0.1, 0.15) is 5.65 Å². The van der Waals surface area contributed by atoms with Crippen molar-refractivity contribution < 1.29 is 0 Å². The second kappa shape index (κ2) is 5.96. The second-order valence-electron chi connectivity index (χ2n) is 5.54. The van der Waals surface area contributed by atoms with Gasteiger partial charge in [-0.15, -0.1) is 0 Å². The topological polar surface area (TPSA) is 29.3 Å². The highest BCUT2D eigenvalue weighted by atomic mass is 35.5. The normalized spacial score (nSPS) is 17.9. The first kappa shape index (κ1) is 14.2. The SMILES string of the molecule is CSC1(CNCc2cn3cc(Cl)ccc3n2)CCCC1. The average molecular weight is 310 g/mol. The van der Waals surface area contributed by atoms with E-state index in [4.69, 9.17) is 11.6 Å². The summed E-state index contributed by atoms with van der Waals surface area (Å²) < 4.78 is 2.43. The lowest BCUT2D eigenvalue weighted by Gasteiger charge is -2.26. The third-order valence-corrected chi connectivity index (χ3v) is 5.81. The molecule has 108 valence electrons. The highest BCUT2D eigenvalue weighted by molar-refractivity contribution is 8.00. The maximum Gasteiger partial charge on any atom is 0.137 e. The van der Waals surface area contributed by atoms with Gasteiger partial charge in [0.2, 0.25) is 0 Å². The molecule has 1 aliphatic carbocycles. The van der Waals surface area contributed by atoms with Crippen LogP contribution >= 0.6 is 23.4 Å². The van der Waals surface area contributed by atoms with E-state index in [0.717, 1.165) is 29.5 Å². The molecular formula is C15H20ClN3S. The number of aromatic nitrogens is 2. The first-order chi connectivity index (χ1) is 9.71. The molecule has 1 fully saturated rings. The molecule has 0 bridgehead atoms. The molecule has 0 saturated heterocycles. The Labute approximate surface area is 129 Å². The zero-order chi connectivity index (χ0) is 14.0. The zero-order valence-electron chi connectivity index (χ0n) is 11.7. The van der Waals surface area contributed by atoms with Crippen LogP contribution in [0.1, 0.15) is 31.4 Å². The van der Waals surface area contributed by atoms with Crippen LogP contribution in [-0.4, -0.2) is 26.9 Å². The second-order valence-corrected chi connectivity index (χ2v) is 7.25. The highest BCUT2D eigenvalue weighted by Crippen LogP contribution is 2.39. The minimum absolute atomic E-state index is 0.447. The summed E-state index contributed by atoms with van der Waals surface area (Å²) >= 11 is 8.00. The van der Waals surface area contributed by atoms with Crippen molar-refractivity contribution in [3.05, 3.63) is 35.2 Å². The Kier molecular flexibility index (Phi) is 4.24. The fourth-order valence-corrected chi connectivity index (χ4v) is 4.10. The molecule has 1 N–H and O–H groups in total. The Bertz CT molecular complexity index is 590. The van der Waals surface area contributed by atoms with Crippen molar-refractivity contribution in [2.45, 2.75) is 37.0 Å². The van der Waals surface area contributed by atoms with Crippen molar-refractivity contribution in [1.82, 2.24) is 14.7 Å². The molecule has 0 unspecified atom stereocenters. The van der Waals surface area contributed by atoms with Gasteiger partial charge in [0.15, 0.2) is 0 Å². The van der Waals surface area contributed by atoms with Crippen molar-refractivity contribution in [2.75, 3.05) is 12.8 Å². The Hall–Kier alpha value is -0.710. The van der Waals surface area contributed by atoms with Crippen molar-refractivity contribution in [1.29, 1.82) is 0 Å². The molecule has 2 aromatic heterocycles. The summed E-state index contributed by atoms with van der Waals surface area (Å²) in [6.45, 7) is 1.89. The number of hydrogen-bond donors (Lipinski definition) is 1. The summed E-state index contributed by atoms with van der Waals surface area (Å²) in [7, 11) is 0. The van der Waals surface area contributed by atoms with Gasteiger partial charge in [-0.05, 0) is 31.2 Å². The molecule has 3 nitrogen and oxygen atoms in total. The van der Waals surface area contributed by atoms with Gasteiger partial charge in [-0.2, -0.15) is 11.8 Å². The van der Waals surface area contributed by atoms with Crippen LogP contribution in [0.15, 0.2) is 24.5 Å². The Morgan fingerprint density at radius 3 is 2.90 bits per heavy atom. The van der Waals surface area contributed by atoms with E-state index < -0.39 is 0 Å². The molecule has 2 aromatic rings. The van der Waals surface area contributed by atoms with Gasteiger partial charge < -0.3 is 9.72 Å². The molecule has 20 heavy (non-hydrogen) atoms. The number of nitrogens with one attached hydrogen (secondary N) is 1. The number of rotatable bonds is 5. The molecule has 0 spiro atoms. The lowest BCUT2D eigenvalue weighted by Crippen LogP contribution is -2.34. The monoisotopic (exact) mass is 309 g/mol. The minimum atomic E-state index is 0.447. The number of fused-ring (bicyclic) bond motifs is 1. The van der Waals surface area contributed by atoms with Crippen LogP contribution in [0.3, 0.4) is 0 Å². The van der Waals surface area contributed by atoms with Crippen LogP contribution < -0.4 is 5.32 Å². The van der Waals surface area contributed by atoms with Crippen molar-refractivity contribution >= 4 is 29.0 Å². The van der Waals surface area contributed by atoms with Crippen LogP contribution in [0.4, 0.5) is 0 Å². The highest BCUT2D eigenvalue weighted by Gasteiger charge is 2.32. The van der Waals surface area contributed by atoms with Gasteiger partial charge in [-0.3, -0.25) is 0 Å². The van der Waals surface area contributed by atoms with E-state index in [1.807, 2.05) is 34.5 Å². The predicted octanol–water partition coefficient (Wildman–Crippen LogP) is 3.75. The zero-order valence-corrected chi connectivity index (χ0v) is 13.3. The van der Waals surface area contributed by atoms with Gasteiger partial charge >= 0.3 is 0 Å². The molecule has 1 aliphatic rings. The van der Waals surface area contributed by atoms with Crippen LogP contribution in [0, 0.1) is 0 Å². The lowest BCUT2D eigenvalue weighted by molar-refractivity contribution is 0.531. The number of thioether (sulfide) groups is 1. The van der Waals surface area contributed by atoms with E-state index in [1.165, 1.54) is 25.7 Å². The third-order valence-electron chi connectivity index (χ3n) is 4.17. The Morgan fingerprint density at radius 1 is 1.35 bits per heavy atom. The van der Waals surface area contributed by atoms with Gasteiger partial charge in [0.25, 0.3) is 0 Å². The Morgan fingerprint density at radius 2 is 2.15 bits per heavy atom. The maximum atomic E-state index is 5.99. The fourth-order valence-electron chi connectivity index (χ4n) is 2.99. The number of halogens is 1. The van der Waals surface area contributed by atoms with Crippen molar-refractivity contribution in [3.8, 4) is 0 Å². The molecule has 1 saturated carbocycles. The molecule has 2 heterocycles. The summed E-state index contributed by atoms with van der Waals surface area (Å²) in [5.74, 6) is 0. The first-order valence-corrected chi connectivity index (χ1v) is 8.70. The number of imidazole rings is 1. The van der Waals surface area contributed by atoms with E-state index in [1.54, 1.807) is 0 Å². The molecule has 0 atom stereocenters. The van der Waals surface area contributed by atoms with Crippen LogP contribution in [0.5, 0.6) is 0 Å². The van der Waals surface area contributed by atoms with E-state index in [0.29, 0.717) is 4.75 Å². The van der Waals surface area contributed by atoms with E-state index in [2.05, 4.69) is 22.8 Å².